The van der Waals surface area contributed by atoms with Crippen LogP contribution in [0.15, 0.2) is 6.07 Å². The van der Waals surface area contributed by atoms with E-state index < -0.39 is 8.07 Å². The minimum absolute atomic E-state index is 1.00. The Morgan fingerprint density at radius 1 is 0.667 bits per heavy atom. The van der Waals surface area contributed by atoms with Crippen LogP contribution in [0.25, 0.3) is 0 Å². The summed E-state index contributed by atoms with van der Waals surface area (Å²) < 4.78 is 0. The third kappa shape index (κ3) is 12.8. The molecule has 0 aliphatic carbocycles. The SMILES string of the molecule is CCCCCCCCCCCCCCCCCC[Si](C)(C)c1cc(CBr)sc1CBr. The van der Waals surface area contributed by atoms with Gasteiger partial charge in [0.15, 0.2) is 0 Å². The predicted molar refractivity (Wildman–Crippen MR) is 151 cm³/mol. The first kappa shape index (κ1) is 28.9. The van der Waals surface area contributed by atoms with Gasteiger partial charge in [-0.25, -0.2) is 0 Å². The van der Waals surface area contributed by atoms with Gasteiger partial charge in [-0.15, -0.1) is 11.3 Å². The highest BCUT2D eigenvalue weighted by Gasteiger charge is 2.27. The second-order valence-electron chi connectivity index (χ2n) is 9.75. The van der Waals surface area contributed by atoms with Gasteiger partial charge in [0.05, 0.1) is 8.07 Å². The summed E-state index contributed by atoms with van der Waals surface area (Å²) in [5, 5.41) is 3.73. The number of alkyl halides is 2. The first-order valence-electron chi connectivity index (χ1n) is 12.8. The van der Waals surface area contributed by atoms with Crippen molar-refractivity contribution in [3.8, 4) is 0 Å². The van der Waals surface area contributed by atoms with E-state index >= 15 is 0 Å². The third-order valence-electron chi connectivity index (χ3n) is 6.50. The van der Waals surface area contributed by atoms with Crippen molar-refractivity contribution in [2.45, 2.75) is 139 Å². The lowest BCUT2D eigenvalue weighted by Crippen LogP contribution is -2.41. The van der Waals surface area contributed by atoms with Crippen LogP contribution in [0, 0.1) is 0 Å². The van der Waals surface area contributed by atoms with E-state index in [-0.39, 0.29) is 0 Å². The number of rotatable bonds is 20. The van der Waals surface area contributed by atoms with E-state index in [1.165, 1.54) is 114 Å². The Balaban J connectivity index is 1.98. The maximum absolute atomic E-state index is 3.71. The first-order chi connectivity index (χ1) is 14.5. The molecule has 1 aromatic rings. The van der Waals surface area contributed by atoms with Crippen molar-refractivity contribution >= 4 is 56.5 Å². The van der Waals surface area contributed by atoms with Gasteiger partial charge < -0.3 is 0 Å². The molecule has 0 atom stereocenters. The molecule has 1 rings (SSSR count). The molecule has 0 aliphatic heterocycles. The average molecular weight is 581 g/mol. The fraction of sp³-hybridized carbons (Fsp3) is 0.846. The molecular weight excluding hydrogens is 532 g/mol. The maximum atomic E-state index is 3.71. The maximum Gasteiger partial charge on any atom is 0.0821 e. The van der Waals surface area contributed by atoms with E-state index in [4.69, 9.17) is 0 Å². The largest absolute Gasteiger partial charge is 0.144 e. The van der Waals surface area contributed by atoms with Gasteiger partial charge in [0.1, 0.15) is 0 Å². The van der Waals surface area contributed by atoms with Crippen LogP contribution in [0.4, 0.5) is 0 Å². The molecule has 0 fully saturated rings. The molecule has 0 unspecified atom stereocenters. The zero-order valence-corrected chi connectivity index (χ0v) is 25.2. The van der Waals surface area contributed by atoms with Crippen molar-refractivity contribution in [2.75, 3.05) is 0 Å². The van der Waals surface area contributed by atoms with Crippen LogP contribution in [0.2, 0.25) is 19.1 Å². The van der Waals surface area contributed by atoms with E-state index in [1.807, 2.05) is 11.3 Å². The minimum Gasteiger partial charge on any atom is -0.144 e. The van der Waals surface area contributed by atoms with Gasteiger partial charge >= 0.3 is 0 Å². The Morgan fingerprint density at radius 2 is 1.10 bits per heavy atom. The molecule has 0 bridgehead atoms. The Hall–Kier alpha value is 0.877. The van der Waals surface area contributed by atoms with E-state index in [1.54, 1.807) is 10.1 Å². The van der Waals surface area contributed by atoms with Gasteiger partial charge in [-0.1, -0.05) is 161 Å². The molecule has 0 N–H and O–H groups in total. The highest BCUT2D eigenvalue weighted by atomic mass is 79.9. The zero-order valence-electron chi connectivity index (χ0n) is 20.2. The van der Waals surface area contributed by atoms with Crippen LogP contribution in [-0.2, 0) is 10.7 Å². The molecule has 0 aliphatic rings. The standard InChI is InChI=1S/C26H48Br2SSi/c1-4-5-6-7-8-9-10-11-12-13-14-15-16-17-18-19-20-30(2,3)26-21-24(22-27)29-25(26)23-28/h21H,4-20,22-23H2,1-3H3. The highest BCUT2D eigenvalue weighted by molar-refractivity contribution is 9.09. The molecule has 1 heterocycles. The van der Waals surface area contributed by atoms with Crippen molar-refractivity contribution in [3.05, 3.63) is 15.8 Å². The molecule has 0 radical (unpaired) electrons. The summed E-state index contributed by atoms with van der Waals surface area (Å²) in [4.78, 5) is 3.07. The third-order valence-corrected chi connectivity index (χ3v) is 13.2. The molecule has 0 saturated heterocycles. The normalized spacial score (nSPS) is 12.0. The topological polar surface area (TPSA) is 0 Å². The van der Waals surface area contributed by atoms with Gasteiger partial charge in [-0.2, -0.15) is 0 Å². The summed E-state index contributed by atoms with van der Waals surface area (Å²) >= 11 is 9.34. The lowest BCUT2D eigenvalue weighted by Gasteiger charge is -2.23. The van der Waals surface area contributed by atoms with Crippen LogP contribution < -0.4 is 5.19 Å². The van der Waals surface area contributed by atoms with E-state index in [0.717, 1.165) is 10.7 Å². The lowest BCUT2D eigenvalue weighted by molar-refractivity contribution is 0.531. The number of halogens is 2. The second-order valence-corrected chi connectivity index (χ2v) is 16.9. The number of unbranched alkanes of at least 4 members (excludes halogenated alkanes) is 15. The molecule has 0 spiro atoms. The molecule has 30 heavy (non-hydrogen) atoms. The van der Waals surface area contributed by atoms with Crippen LogP contribution in [0.3, 0.4) is 0 Å². The van der Waals surface area contributed by atoms with Crippen molar-refractivity contribution in [1.29, 1.82) is 0 Å². The molecular formula is C26H48Br2SSi. The Morgan fingerprint density at radius 3 is 1.50 bits per heavy atom. The summed E-state index contributed by atoms with van der Waals surface area (Å²) in [7, 11) is -1.29. The van der Waals surface area contributed by atoms with Gasteiger partial charge in [0.25, 0.3) is 0 Å². The van der Waals surface area contributed by atoms with E-state index in [2.05, 4.69) is 57.9 Å². The van der Waals surface area contributed by atoms with Gasteiger partial charge in [0.2, 0.25) is 0 Å². The lowest BCUT2D eigenvalue weighted by atomic mass is 10.0. The van der Waals surface area contributed by atoms with Crippen LogP contribution >= 0.6 is 43.2 Å². The summed E-state index contributed by atoms with van der Waals surface area (Å²) in [5.41, 5.74) is 0. The number of hydrogen-bond donors (Lipinski definition) is 0. The number of thiophene rings is 1. The molecule has 0 amide bonds. The van der Waals surface area contributed by atoms with Crippen LogP contribution in [0.1, 0.15) is 119 Å². The second kappa shape index (κ2) is 18.3. The van der Waals surface area contributed by atoms with E-state index in [9.17, 15) is 0 Å². The number of hydrogen-bond acceptors (Lipinski definition) is 1. The molecule has 0 saturated carbocycles. The van der Waals surface area contributed by atoms with Gasteiger partial charge in [-0.05, 0) is 11.3 Å². The summed E-state index contributed by atoms with van der Waals surface area (Å²) in [6, 6.07) is 3.94. The first-order valence-corrected chi connectivity index (χ1v) is 19.1. The molecule has 176 valence electrons. The van der Waals surface area contributed by atoms with Crippen LogP contribution in [0.5, 0.6) is 0 Å². The Bertz CT molecular complexity index is 527. The van der Waals surface area contributed by atoms with Gasteiger partial charge in [0, 0.05) is 20.4 Å². The fourth-order valence-electron chi connectivity index (χ4n) is 4.47. The Kier molecular flexibility index (Phi) is 17.7. The quantitative estimate of drug-likeness (QED) is 0.0818. The van der Waals surface area contributed by atoms with Crippen molar-refractivity contribution in [3.63, 3.8) is 0 Å². The Labute approximate surface area is 210 Å². The smallest absolute Gasteiger partial charge is 0.0821 e. The summed E-state index contributed by atoms with van der Waals surface area (Å²) in [5.74, 6) is 0. The minimum atomic E-state index is -1.29. The zero-order chi connectivity index (χ0) is 22.1. The molecule has 1 aromatic heterocycles. The monoisotopic (exact) mass is 578 g/mol. The van der Waals surface area contributed by atoms with Crippen LogP contribution in [-0.4, -0.2) is 8.07 Å². The molecule has 0 aromatic carbocycles. The fourth-order valence-corrected chi connectivity index (χ4v) is 10.6. The van der Waals surface area contributed by atoms with Gasteiger partial charge in [-0.3, -0.25) is 0 Å². The highest BCUT2D eigenvalue weighted by Crippen LogP contribution is 2.26. The molecule has 0 nitrogen and oxygen atoms in total. The van der Waals surface area contributed by atoms with Crippen molar-refractivity contribution in [2.24, 2.45) is 0 Å². The summed E-state index contributed by atoms with van der Waals surface area (Å²) in [6.45, 7) is 7.45. The molecule has 4 heteroatoms. The predicted octanol–water partition coefficient (Wildman–Crippen LogP) is 10.7. The van der Waals surface area contributed by atoms with Crippen molar-refractivity contribution < 1.29 is 0 Å². The average Bonchev–Trinajstić information content (AvgIpc) is 3.18. The van der Waals surface area contributed by atoms with E-state index in [0.29, 0.717) is 0 Å². The summed E-state index contributed by atoms with van der Waals surface area (Å²) in [6.07, 6.45) is 23.3. The van der Waals surface area contributed by atoms with Crippen molar-refractivity contribution in [1.82, 2.24) is 0 Å².